The first kappa shape index (κ1) is 21.8. The van der Waals surface area contributed by atoms with Gasteiger partial charge in [0.2, 0.25) is 0 Å². The number of pyridine rings is 1. The Labute approximate surface area is 176 Å². The van der Waals surface area contributed by atoms with Crippen molar-refractivity contribution >= 4 is 23.2 Å². The number of benzene rings is 2. The summed E-state index contributed by atoms with van der Waals surface area (Å²) < 4.78 is 38.2. The summed E-state index contributed by atoms with van der Waals surface area (Å²) in [6.07, 6.45) is -4.11. The molecule has 0 saturated carbocycles. The van der Waals surface area contributed by atoms with E-state index in [-0.39, 0.29) is 18.1 Å². The molecule has 0 aliphatic heterocycles. The molecule has 8 heteroatoms. The Hall–Kier alpha value is -2.90. The minimum atomic E-state index is -4.41. The Balaban J connectivity index is 1.81. The Morgan fingerprint density at radius 3 is 2.27 bits per heavy atom. The number of carbonyl (C=O) groups is 1. The quantitative estimate of drug-likeness (QED) is 0.551. The van der Waals surface area contributed by atoms with Crippen LogP contribution >= 0.6 is 11.6 Å². The van der Waals surface area contributed by atoms with Crippen molar-refractivity contribution in [2.24, 2.45) is 0 Å². The van der Waals surface area contributed by atoms with Gasteiger partial charge in [-0.3, -0.25) is 4.79 Å². The van der Waals surface area contributed by atoms with E-state index in [0.717, 1.165) is 12.1 Å². The number of alkyl halides is 3. The Morgan fingerprint density at radius 2 is 1.70 bits per heavy atom. The zero-order valence-electron chi connectivity index (χ0n) is 15.7. The number of hydrogen-bond donors (Lipinski definition) is 1. The van der Waals surface area contributed by atoms with Crippen LogP contribution in [-0.2, 0) is 17.4 Å². The molecule has 1 amide bonds. The number of aliphatic hydroxyl groups is 1. The minimum Gasteiger partial charge on any atom is -0.378 e. The number of aromatic nitrogens is 1. The molecule has 1 heterocycles. The van der Waals surface area contributed by atoms with Gasteiger partial charge in [-0.25, -0.2) is 4.98 Å². The number of halogens is 4. The number of anilines is 1. The van der Waals surface area contributed by atoms with Crippen molar-refractivity contribution < 1.29 is 23.1 Å². The fourth-order valence-electron chi connectivity index (χ4n) is 2.92. The largest absolute Gasteiger partial charge is 0.416 e. The minimum absolute atomic E-state index is 0.136. The Morgan fingerprint density at radius 1 is 1.03 bits per heavy atom. The van der Waals surface area contributed by atoms with Crippen LogP contribution in [0.25, 0.3) is 0 Å². The maximum Gasteiger partial charge on any atom is 0.416 e. The predicted molar refractivity (Wildman–Crippen MR) is 108 cm³/mol. The van der Waals surface area contributed by atoms with Gasteiger partial charge in [-0.1, -0.05) is 54.1 Å². The monoisotopic (exact) mass is 434 g/mol. The molecule has 0 fully saturated rings. The molecule has 1 N–H and O–H groups in total. The summed E-state index contributed by atoms with van der Waals surface area (Å²) in [6.45, 7) is 0.136. The maximum atomic E-state index is 13.0. The molecular formula is C22H18ClF3N2O2. The van der Waals surface area contributed by atoms with Crippen LogP contribution in [-0.4, -0.2) is 22.5 Å². The van der Waals surface area contributed by atoms with Gasteiger partial charge in [0.1, 0.15) is 5.15 Å². The molecule has 4 nitrogen and oxygen atoms in total. The molecule has 0 spiro atoms. The van der Waals surface area contributed by atoms with Crippen LogP contribution in [0.3, 0.4) is 0 Å². The van der Waals surface area contributed by atoms with Crippen LogP contribution in [0.5, 0.6) is 0 Å². The number of carbonyl (C=O) groups excluding carboxylic acids is 1. The van der Waals surface area contributed by atoms with Crippen LogP contribution in [0.15, 0.2) is 72.9 Å². The number of rotatable bonds is 6. The summed E-state index contributed by atoms with van der Waals surface area (Å²) >= 11 is 5.82. The van der Waals surface area contributed by atoms with Crippen molar-refractivity contribution in [2.45, 2.75) is 18.7 Å². The maximum absolute atomic E-state index is 13.0. The van der Waals surface area contributed by atoms with Crippen LogP contribution in [0.1, 0.15) is 22.8 Å². The first-order chi connectivity index (χ1) is 14.3. The summed E-state index contributed by atoms with van der Waals surface area (Å²) in [5.41, 5.74) is 0.743. The summed E-state index contributed by atoms with van der Waals surface area (Å²) in [5.74, 6) is -0.572. The first-order valence-corrected chi connectivity index (χ1v) is 9.45. The van der Waals surface area contributed by atoms with Gasteiger partial charge in [-0.15, -0.1) is 0 Å². The number of aliphatic hydroxyl groups excluding tert-OH is 1. The van der Waals surface area contributed by atoms with Crippen LogP contribution in [0.4, 0.5) is 18.9 Å². The third kappa shape index (κ3) is 5.37. The zero-order valence-corrected chi connectivity index (χ0v) is 16.4. The van der Waals surface area contributed by atoms with Gasteiger partial charge in [0, 0.05) is 6.54 Å². The van der Waals surface area contributed by atoms with E-state index in [1.54, 1.807) is 36.4 Å². The SMILES string of the molecule is O=C([C@@H](O)c1ccccc1)N(CCc1ccc(C(F)(F)F)cc1)c1ccc(Cl)nc1. The summed E-state index contributed by atoms with van der Waals surface area (Å²) in [5, 5.41) is 10.8. The van der Waals surface area contributed by atoms with E-state index >= 15 is 0 Å². The smallest absolute Gasteiger partial charge is 0.378 e. The van der Waals surface area contributed by atoms with Crippen molar-refractivity contribution in [3.63, 3.8) is 0 Å². The highest BCUT2D eigenvalue weighted by Crippen LogP contribution is 2.29. The topological polar surface area (TPSA) is 53.4 Å². The number of nitrogens with zero attached hydrogens (tertiary/aromatic N) is 2. The fourth-order valence-corrected chi connectivity index (χ4v) is 3.03. The van der Waals surface area contributed by atoms with E-state index in [1.165, 1.54) is 29.3 Å². The van der Waals surface area contributed by atoms with Gasteiger partial charge in [0.05, 0.1) is 17.4 Å². The van der Waals surface area contributed by atoms with Crippen molar-refractivity contribution in [1.29, 1.82) is 0 Å². The average Bonchev–Trinajstić information content (AvgIpc) is 2.74. The van der Waals surface area contributed by atoms with Crippen molar-refractivity contribution in [1.82, 2.24) is 4.98 Å². The van der Waals surface area contributed by atoms with Crippen molar-refractivity contribution in [3.8, 4) is 0 Å². The van der Waals surface area contributed by atoms with E-state index in [9.17, 15) is 23.1 Å². The van der Waals surface area contributed by atoms with Gasteiger partial charge in [-0.05, 0) is 41.8 Å². The predicted octanol–water partition coefficient (Wildman–Crippen LogP) is 5.06. The lowest BCUT2D eigenvalue weighted by Crippen LogP contribution is -2.37. The molecule has 1 aromatic heterocycles. The molecule has 30 heavy (non-hydrogen) atoms. The normalized spacial score (nSPS) is 12.4. The first-order valence-electron chi connectivity index (χ1n) is 9.08. The molecule has 2 aromatic carbocycles. The third-order valence-corrected chi connectivity index (χ3v) is 4.77. The molecule has 156 valence electrons. The molecular weight excluding hydrogens is 417 g/mol. The Bertz CT molecular complexity index is 978. The summed E-state index contributed by atoms with van der Waals surface area (Å²) in [4.78, 5) is 18.3. The van der Waals surface area contributed by atoms with Crippen molar-refractivity contribution in [3.05, 3.63) is 94.8 Å². The second-order valence-electron chi connectivity index (χ2n) is 6.59. The second kappa shape index (κ2) is 9.28. The standard InChI is InChI=1S/C22H18ClF3N2O2/c23-19-11-10-18(14-27-19)28(21(30)20(29)16-4-2-1-3-5-16)13-12-15-6-8-17(9-7-15)22(24,25)26/h1-11,14,20,29H,12-13H2/t20-/m0/s1. The fraction of sp³-hybridized carbons (Fsp3) is 0.182. The van der Waals surface area contributed by atoms with E-state index in [0.29, 0.717) is 16.8 Å². The molecule has 0 aliphatic carbocycles. The van der Waals surface area contributed by atoms with Crippen LogP contribution < -0.4 is 4.90 Å². The average molecular weight is 435 g/mol. The third-order valence-electron chi connectivity index (χ3n) is 4.54. The highest BCUT2D eigenvalue weighted by molar-refractivity contribution is 6.29. The Kier molecular flexibility index (Phi) is 6.74. The van der Waals surface area contributed by atoms with Crippen LogP contribution in [0, 0.1) is 0 Å². The highest BCUT2D eigenvalue weighted by Gasteiger charge is 2.30. The van der Waals surface area contributed by atoms with Gasteiger partial charge >= 0.3 is 6.18 Å². The summed E-state index contributed by atoms with van der Waals surface area (Å²) in [7, 11) is 0. The molecule has 0 unspecified atom stereocenters. The molecule has 3 aromatic rings. The molecule has 1 atom stereocenters. The molecule has 0 radical (unpaired) electrons. The van der Waals surface area contributed by atoms with Gasteiger partial charge in [-0.2, -0.15) is 13.2 Å². The zero-order chi connectivity index (χ0) is 21.7. The van der Waals surface area contributed by atoms with Gasteiger partial charge in [0.25, 0.3) is 5.91 Å². The van der Waals surface area contributed by atoms with Crippen molar-refractivity contribution in [2.75, 3.05) is 11.4 Å². The molecule has 0 saturated heterocycles. The molecule has 3 rings (SSSR count). The number of amides is 1. The highest BCUT2D eigenvalue weighted by atomic mass is 35.5. The van der Waals surface area contributed by atoms with E-state index in [2.05, 4.69) is 4.98 Å². The number of hydrogen-bond acceptors (Lipinski definition) is 3. The molecule has 0 aliphatic rings. The lowest BCUT2D eigenvalue weighted by molar-refractivity contribution is -0.137. The van der Waals surface area contributed by atoms with Gasteiger partial charge < -0.3 is 10.0 Å². The lowest BCUT2D eigenvalue weighted by atomic mass is 10.1. The van der Waals surface area contributed by atoms with E-state index in [4.69, 9.17) is 11.6 Å². The second-order valence-corrected chi connectivity index (χ2v) is 6.97. The van der Waals surface area contributed by atoms with Gasteiger partial charge in [0.15, 0.2) is 6.10 Å². The van der Waals surface area contributed by atoms with E-state index < -0.39 is 23.8 Å². The van der Waals surface area contributed by atoms with Crippen LogP contribution in [0.2, 0.25) is 5.15 Å². The molecule has 0 bridgehead atoms. The summed E-state index contributed by atoms with van der Waals surface area (Å²) in [6, 6.07) is 16.3. The van der Waals surface area contributed by atoms with E-state index in [1.807, 2.05) is 0 Å². The lowest BCUT2D eigenvalue weighted by Gasteiger charge is -2.25.